The molecule has 0 unspecified atom stereocenters. The van der Waals surface area contributed by atoms with Crippen molar-refractivity contribution >= 4 is 5.97 Å². The molecule has 0 bridgehead atoms. The first-order valence-electron chi connectivity index (χ1n) is 9.60. The van der Waals surface area contributed by atoms with Crippen molar-refractivity contribution < 1.29 is 19.7 Å². The molecule has 0 aromatic rings. The lowest BCUT2D eigenvalue weighted by atomic mass is 10.1. The minimum atomic E-state index is -0.776. The van der Waals surface area contributed by atoms with Crippen molar-refractivity contribution in [2.75, 3.05) is 13.2 Å². The van der Waals surface area contributed by atoms with E-state index in [0.29, 0.717) is 6.42 Å². The topological polar surface area (TPSA) is 66.8 Å². The first-order chi connectivity index (χ1) is 12.2. The van der Waals surface area contributed by atoms with Gasteiger partial charge in [0.15, 0.2) is 0 Å². The van der Waals surface area contributed by atoms with Crippen LogP contribution in [0, 0.1) is 0 Å². The van der Waals surface area contributed by atoms with Crippen molar-refractivity contribution in [3.63, 3.8) is 0 Å². The van der Waals surface area contributed by atoms with E-state index in [1.54, 1.807) is 0 Å². The smallest absolute Gasteiger partial charge is 0.306 e. The molecule has 0 heterocycles. The summed E-state index contributed by atoms with van der Waals surface area (Å²) < 4.78 is 4.91. The van der Waals surface area contributed by atoms with Crippen LogP contribution in [0.5, 0.6) is 0 Å². The van der Waals surface area contributed by atoms with Gasteiger partial charge >= 0.3 is 5.97 Å². The Bertz CT molecular complexity index is 381. The largest absolute Gasteiger partial charge is 0.457 e. The Morgan fingerprint density at radius 3 is 2.04 bits per heavy atom. The molecule has 0 spiro atoms. The lowest BCUT2D eigenvalue weighted by Gasteiger charge is -2.12. The van der Waals surface area contributed by atoms with Crippen molar-refractivity contribution in [3.05, 3.63) is 36.5 Å². The number of carbonyl (C=O) groups is 1. The molecule has 0 amide bonds. The molecular weight excluding hydrogens is 316 g/mol. The first-order valence-corrected chi connectivity index (χ1v) is 9.60. The average molecular weight is 353 g/mol. The van der Waals surface area contributed by atoms with Gasteiger partial charge in [0.2, 0.25) is 0 Å². The molecule has 0 fully saturated rings. The van der Waals surface area contributed by atoms with E-state index in [1.807, 2.05) is 0 Å². The molecule has 0 atom stereocenters. The third-order valence-electron chi connectivity index (χ3n) is 3.74. The molecule has 0 aliphatic rings. The van der Waals surface area contributed by atoms with Crippen LogP contribution in [0.3, 0.4) is 0 Å². The number of unbranched alkanes of at least 4 members (excludes halogenated alkanes) is 5. The standard InChI is InChI=1S/C21H36O4/c1-2-3-4-5-6-7-8-9-10-11-12-13-14-15-16-17-21(24)25-20(18-22)19-23/h3-4,6-7,9-10,20,22-23H,2,5,8,11-19H2,1H3/b4-3+,7-6+,10-9+. The van der Waals surface area contributed by atoms with E-state index >= 15 is 0 Å². The lowest BCUT2D eigenvalue weighted by Crippen LogP contribution is -2.25. The van der Waals surface area contributed by atoms with Crippen molar-refractivity contribution in [1.82, 2.24) is 0 Å². The zero-order valence-electron chi connectivity index (χ0n) is 15.7. The molecule has 0 aliphatic heterocycles. The summed E-state index contributed by atoms with van der Waals surface area (Å²) in [6.07, 6.45) is 22.3. The summed E-state index contributed by atoms with van der Waals surface area (Å²) >= 11 is 0. The third-order valence-corrected chi connectivity index (χ3v) is 3.74. The van der Waals surface area contributed by atoms with Gasteiger partial charge in [0, 0.05) is 6.42 Å². The minimum Gasteiger partial charge on any atom is -0.457 e. The number of hydrogen-bond donors (Lipinski definition) is 2. The molecule has 4 heteroatoms. The van der Waals surface area contributed by atoms with Gasteiger partial charge in [-0.2, -0.15) is 0 Å². The Labute approximate surface area is 153 Å². The first kappa shape index (κ1) is 23.6. The third kappa shape index (κ3) is 17.2. The maximum absolute atomic E-state index is 11.4. The van der Waals surface area contributed by atoms with Crippen LogP contribution in [-0.2, 0) is 9.53 Å². The molecule has 0 saturated heterocycles. The molecule has 0 aromatic heterocycles. The molecule has 0 saturated carbocycles. The second-order valence-electron chi connectivity index (χ2n) is 6.08. The normalized spacial score (nSPS) is 12.2. The highest BCUT2D eigenvalue weighted by molar-refractivity contribution is 5.69. The van der Waals surface area contributed by atoms with E-state index in [1.165, 1.54) is 12.8 Å². The van der Waals surface area contributed by atoms with Crippen LogP contribution in [0.1, 0.15) is 71.1 Å². The number of rotatable bonds is 16. The minimum absolute atomic E-state index is 0.332. The number of esters is 1. The average Bonchev–Trinajstić information content (AvgIpc) is 2.62. The Morgan fingerprint density at radius 2 is 1.40 bits per heavy atom. The maximum atomic E-state index is 11.4. The summed E-state index contributed by atoms with van der Waals surface area (Å²) in [7, 11) is 0. The molecule has 144 valence electrons. The lowest BCUT2D eigenvalue weighted by molar-refractivity contribution is -0.153. The number of aliphatic hydroxyl groups excluding tert-OH is 2. The Morgan fingerprint density at radius 1 is 0.840 bits per heavy atom. The highest BCUT2D eigenvalue weighted by Gasteiger charge is 2.11. The van der Waals surface area contributed by atoms with E-state index < -0.39 is 6.10 Å². The van der Waals surface area contributed by atoms with Gasteiger partial charge in [0.05, 0.1) is 13.2 Å². The van der Waals surface area contributed by atoms with Crippen molar-refractivity contribution in [1.29, 1.82) is 0 Å². The van der Waals surface area contributed by atoms with Crippen LogP contribution in [-0.4, -0.2) is 35.5 Å². The molecule has 0 rings (SSSR count). The van der Waals surface area contributed by atoms with E-state index in [0.717, 1.165) is 44.9 Å². The summed E-state index contributed by atoms with van der Waals surface area (Å²) in [6.45, 7) is 1.48. The van der Waals surface area contributed by atoms with Gasteiger partial charge in [0.1, 0.15) is 6.10 Å². The number of hydrogen-bond acceptors (Lipinski definition) is 4. The van der Waals surface area contributed by atoms with Crippen molar-refractivity contribution in [2.24, 2.45) is 0 Å². The van der Waals surface area contributed by atoms with E-state index in [4.69, 9.17) is 14.9 Å². The summed E-state index contributed by atoms with van der Waals surface area (Å²) in [4.78, 5) is 11.4. The molecule has 0 aromatic carbocycles. The summed E-state index contributed by atoms with van der Waals surface area (Å²) in [6, 6.07) is 0. The monoisotopic (exact) mass is 352 g/mol. The van der Waals surface area contributed by atoms with Gasteiger partial charge in [-0.15, -0.1) is 0 Å². The van der Waals surface area contributed by atoms with E-state index in [9.17, 15) is 4.79 Å². The molecule has 4 nitrogen and oxygen atoms in total. The number of carbonyl (C=O) groups excluding carboxylic acids is 1. The van der Waals surface area contributed by atoms with E-state index in [2.05, 4.69) is 43.4 Å². The van der Waals surface area contributed by atoms with Gasteiger partial charge in [-0.25, -0.2) is 0 Å². The molecule has 2 N–H and O–H groups in total. The summed E-state index contributed by atoms with van der Waals surface area (Å²) in [5, 5.41) is 17.7. The fourth-order valence-electron chi connectivity index (χ4n) is 2.27. The summed E-state index contributed by atoms with van der Waals surface area (Å²) in [5.41, 5.74) is 0. The van der Waals surface area contributed by atoms with Gasteiger partial charge in [0.25, 0.3) is 0 Å². The van der Waals surface area contributed by atoms with Crippen LogP contribution in [0.25, 0.3) is 0 Å². The second-order valence-corrected chi connectivity index (χ2v) is 6.08. The highest BCUT2D eigenvalue weighted by atomic mass is 16.6. The molecule has 0 radical (unpaired) electrons. The van der Waals surface area contributed by atoms with Gasteiger partial charge in [-0.1, -0.05) is 62.6 Å². The van der Waals surface area contributed by atoms with Gasteiger partial charge in [-0.3, -0.25) is 4.79 Å². The second kappa shape index (κ2) is 18.9. The number of ether oxygens (including phenoxy) is 1. The maximum Gasteiger partial charge on any atom is 0.306 e. The Balaban J connectivity index is 3.39. The van der Waals surface area contributed by atoms with Crippen LogP contribution >= 0.6 is 0 Å². The van der Waals surface area contributed by atoms with Crippen molar-refractivity contribution in [3.8, 4) is 0 Å². The zero-order chi connectivity index (χ0) is 18.6. The SMILES string of the molecule is CC/C=C/C/C=C/C/C=C/CCCCCCCC(=O)OC(CO)CO. The van der Waals surface area contributed by atoms with Crippen LogP contribution in [0.4, 0.5) is 0 Å². The Hall–Kier alpha value is -1.39. The van der Waals surface area contributed by atoms with Gasteiger partial charge in [-0.05, 0) is 38.5 Å². The van der Waals surface area contributed by atoms with Crippen molar-refractivity contribution in [2.45, 2.75) is 77.2 Å². The van der Waals surface area contributed by atoms with Crippen LogP contribution in [0.2, 0.25) is 0 Å². The van der Waals surface area contributed by atoms with Crippen LogP contribution in [0.15, 0.2) is 36.5 Å². The fraction of sp³-hybridized carbons (Fsp3) is 0.667. The molecule has 25 heavy (non-hydrogen) atoms. The number of aliphatic hydroxyl groups is 2. The Kier molecular flexibility index (Phi) is 17.9. The quantitative estimate of drug-likeness (QED) is 0.244. The highest BCUT2D eigenvalue weighted by Crippen LogP contribution is 2.09. The van der Waals surface area contributed by atoms with Gasteiger partial charge < -0.3 is 14.9 Å². The molecule has 0 aliphatic carbocycles. The van der Waals surface area contributed by atoms with Crippen LogP contribution < -0.4 is 0 Å². The van der Waals surface area contributed by atoms with E-state index in [-0.39, 0.29) is 19.2 Å². The number of allylic oxidation sites excluding steroid dienone is 6. The predicted octanol–water partition coefficient (Wildman–Crippen LogP) is 4.47. The predicted molar refractivity (Wildman–Crippen MR) is 103 cm³/mol. The molecular formula is C21H36O4. The summed E-state index contributed by atoms with van der Waals surface area (Å²) in [5.74, 6) is -0.339. The fourth-order valence-corrected chi connectivity index (χ4v) is 2.27. The zero-order valence-corrected chi connectivity index (χ0v) is 15.7.